The summed E-state index contributed by atoms with van der Waals surface area (Å²) >= 11 is 0. The highest BCUT2D eigenvalue weighted by Crippen LogP contribution is 2.23. The molecule has 0 unspecified atom stereocenters. The third kappa shape index (κ3) is 5.35. The van der Waals surface area contributed by atoms with Crippen molar-refractivity contribution in [2.45, 2.75) is 32.2 Å². The first-order valence-electron chi connectivity index (χ1n) is 11.1. The number of aryl methyl sites for hydroxylation is 2. The molecule has 1 heterocycles. The molecule has 1 N–H and O–H groups in total. The molecule has 32 heavy (non-hydrogen) atoms. The lowest BCUT2D eigenvalue weighted by Gasteiger charge is -2.13. The maximum Gasteiger partial charge on any atom is 0.220 e. The minimum absolute atomic E-state index is 0.0939. The number of hydrogen-bond acceptors (Lipinski definition) is 3. The molecule has 0 saturated carbocycles. The summed E-state index contributed by atoms with van der Waals surface area (Å²) in [5.41, 5.74) is 4.41. The normalized spacial score (nSPS) is 10.9. The third-order valence-corrected chi connectivity index (χ3v) is 5.64. The molecule has 0 bridgehead atoms. The van der Waals surface area contributed by atoms with E-state index in [2.05, 4.69) is 34.1 Å². The standard InChI is InChI=1S/C27H29N3O2/c1-32-25-15-8-5-12-22(25)20-30-24-14-7-6-13-23(24)29-26(30)16-9-19-28-27(31)18-17-21-10-3-2-4-11-21/h2-8,10-15H,9,16-20H2,1H3,(H,28,31). The number of aromatic nitrogens is 2. The molecular weight excluding hydrogens is 398 g/mol. The van der Waals surface area contributed by atoms with Crippen LogP contribution < -0.4 is 10.1 Å². The van der Waals surface area contributed by atoms with Crippen LogP contribution in [0.3, 0.4) is 0 Å². The average molecular weight is 428 g/mol. The Kier molecular flexibility index (Phi) is 7.18. The lowest BCUT2D eigenvalue weighted by molar-refractivity contribution is -0.121. The number of benzene rings is 3. The van der Waals surface area contributed by atoms with Gasteiger partial charge in [-0.25, -0.2) is 4.98 Å². The van der Waals surface area contributed by atoms with Crippen molar-refractivity contribution in [1.29, 1.82) is 0 Å². The summed E-state index contributed by atoms with van der Waals surface area (Å²) in [6.45, 7) is 1.34. The number of hydrogen-bond donors (Lipinski definition) is 1. The van der Waals surface area contributed by atoms with Gasteiger partial charge in [0.2, 0.25) is 5.91 Å². The summed E-state index contributed by atoms with van der Waals surface area (Å²) in [5.74, 6) is 1.99. The van der Waals surface area contributed by atoms with Gasteiger partial charge in [0.15, 0.2) is 0 Å². The van der Waals surface area contributed by atoms with Crippen LogP contribution in [0.15, 0.2) is 78.9 Å². The van der Waals surface area contributed by atoms with Crippen molar-refractivity contribution >= 4 is 16.9 Å². The molecule has 0 atom stereocenters. The van der Waals surface area contributed by atoms with E-state index in [1.54, 1.807) is 7.11 Å². The van der Waals surface area contributed by atoms with Crippen molar-refractivity contribution < 1.29 is 9.53 Å². The Hall–Kier alpha value is -3.60. The van der Waals surface area contributed by atoms with Crippen molar-refractivity contribution in [2.24, 2.45) is 0 Å². The minimum atomic E-state index is 0.0939. The van der Waals surface area contributed by atoms with Crippen LogP contribution in [0.25, 0.3) is 11.0 Å². The number of ether oxygens (including phenoxy) is 1. The Morgan fingerprint density at radius 3 is 2.53 bits per heavy atom. The molecule has 0 fully saturated rings. The van der Waals surface area contributed by atoms with E-state index in [4.69, 9.17) is 9.72 Å². The average Bonchev–Trinajstić information content (AvgIpc) is 3.18. The first-order valence-corrected chi connectivity index (χ1v) is 11.1. The van der Waals surface area contributed by atoms with Crippen molar-refractivity contribution in [3.8, 4) is 5.75 Å². The summed E-state index contributed by atoms with van der Waals surface area (Å²) in [4.78, 5) is 17.1. The fourth-order valence-corrected chi connectivity index (χ4v) is 3.96. The Morgan fingerprint density at radius 1 is 0.938 bits per heavy atom. The number of carbonyl (C=O) groups is 1. The monoisotopic (exact) mass is 427 g/mol. The van der Waals surface area contributed by atoms with Crippen LogP contribution in [-0.2, 0) is 24.2 Å². The van der Waals surface area contributed by atoms with Crippen molar-refractivity contribution in [3.63, 3.8) is 0 Å². The van der Waals surface area contributed by atoms with Gasteiger partial charge in [0.25, 0.3) is 0 Å². The van der Waals surface area contributed by atoms with Crippen molar-refractivity contribution in [1.82, 2.24) is 14.9 Å². The number of amides is 1. The van der Waals surface area contributed by atoms with E-state index in [9.17, 15) is 4.79 Å². The molecule has 5 nitrogen and oxygen atoms in total. The van der Waals surface area contributed by atoms with Gasteiger partial charge in [-0.2, -0.15) is 0 Å². The molecule has 0 aliphatic carbocycles. The number of methoxy groups -OCH3 is 1. The predicted molar refractivity (Wildman–Crippen MR) is 128 cm³/mol. The van der Waals surface area contributed by atoms with Crippen molar-refractivity contribution in [3.05, 3.63) is 95.8 Å². The second-order valence-corrected chi connectivity index (χ2v) is 7.85. The fraction of sp³-hybridized carbons (Fsp3) is 0.259. The number of para-hydroxylation sites is 3. The Bertz CT molecular complexity index is 1170. The molecule has 0 radical (unpaired) electrons. The number of carbonyl (C=O) groups excluding carboxylic acids is 1. The molecule has 0 spiro atoms. The number of rotatable bonds is 10. The van der Waals surface area contributed by atoms with E-state index in [-0.39, 0.29) is 5.91 Å². The molecule has 1 amide bonds. The van der Waals surface area contributed by atoms with Crippen LogP contribution in [0, 0.1) is 0 Å². The van der Waals surface area contributed by atoms with Gasteiger partial charge in [-0.3, -0.25) is 4.79 Å². The second kappa shape index (κ2) is 10.6. The van der Waals surface area contributed by atoms with E-state index in [0.717, 1.165) is 47.4 Å². The largest absolute Gasteiger partial charge is 0.496 e. The third-order valence-electron chi connectivity index (χ3n) is 5.64. The molecule has 1 aromatic heterocycles. The van der Waals surface area contributed by atoms with Crippen LogP contribution in [0.1, 0.15) is 29.8 Å². The van der Waals surface area contributed by atoms with Gasteiger partial charge in [-0.05, 0) is 36.6 Å². The Balaban J connectivity index is 1.37. The minimum Gasteiger partial charge on any atom is -0.496 e. The molecule has 0 aliphatic rings. The maximum atomic E-state index is 12.2. The molecule has 5 heteroatoms. The maximum absolute atomic E-state index is 12.2. The number of nitrogens with zero attached hydrogens (tertiary/aromatic N) is 2. The van der Waals surface area contributed by atoms with Gasteiger partial charge < -0.3 is 14.6 Å². The topological polar surface area (TPSA) is 56.1 Å². The molecule has 164 valence electrons. The summed E-state index contributed by atoms with van der Waals surface area (Å²) in [6, 6.07) is 26.4. The summed E-state index contributed by atoms with van der Waals surface area (Å²) < 4.78 is 7.80. The number of imidazole rings is 1. The SMILES string of the molecule is COc1ccccc1Cn1c(CCCNC(=O)CCc2ccccc2)nc2ccccc21. The molecule has 4 rings (SSSR count). The molecule has 0 aliphatic heterocycles. The molecule has 0 saturated heterocycles. The van der Waals surface area contributed by atoms with E-state index in [1.165, 1.54) is 5.56 Å². The predicted octanol–water partition coefficient (Wildman–Crippen LogP) is 4.77. The first kappa shape index (κ1) is 21.6. The summed E-state index contributed by atoms with van der Waals surface area (Å²) in [7, 11) is 1.70. The lowest BCUT2D eigenvalue weighted by Crippen LogP contribution is -2.25. The number of fused-ring (bicyclic) bond motifs is 1. The number of nitrogens with one attached hydrogen (secondary N) is 1. The Morgan fingerprint density at radius 2 is 1.69 bits per heavy atom. The van der Waals surface area contributed by atoms with Gasteiger partial charge >= 0.3 is 0 Å². The van der Waals surface area contributed by atoms with Crippen molar-refractivity contribution in [2.75, 3.05) is 13.7 Å². The van der Waals surface area contributed by atoms with Gasteiger partial charge in [0.1, 0.15) is 11.6 Å². The molecular formula is C27H29N3O2. The van der Waals surface area contributed by atoms with E-state index in [0.29, 0.717) is 19.5 Å². The van der Waals surface area contributed by atoms with Crippen LogP contribution >= 0.6 is 0 Å². The Labute approximate surface area is 189 Å². The zero-order valence-electron chi connectivity index (χ0n) is 18.5. The molecule has 4 aromatic rings. The van der Waals surface area contributed by atoms with E-state index >= 15 is 0 Å². The smallest absolute Gasteiger partial charge is 0.220 e. The quantitative estimate of drug-likeness (QED) is 0.371. The van der Waals surface area contributed by atoms with E-state index in [1.807, 2.05) is 54.6 Å². The highest BCUT2D eigenvalue weighted by atomic mass is 16.5. The first-order chi connectivity index (χ1) is 15.7. The van der Waals surface area contributed by atoms with Gasteiger partial charge in [-0.15, -0.1) is 0 Å². The highest BCUT2D eigenvalue weighted by Gasteiger charge is 2.13. The van der Waals surface area contributed by atoms with Crippen LogP contribution in [0.4, 0.5) is 0 Å². The van der Waals surface area contributed by atoms with Gasteiger partial charge in [0, 0.05) is 24.9 Å². The molecule has 3 aromatic carbocycles. The summed E-state index contributed by atoms with van der Waals surface area (Å²) in [5, 5.41) is 3.05. The lowest BCUT2D eigenvalue weighted by atomic mass is 10.1. The van der Waals surface area contributed by atoms with E-state index < -0.39 is 0 Å². The highest BCUT2D eigenvalue weighted by molar-refractivity contribution is 5.76. The van der Waals surface area contributed by atoms with Gasteiger partial charge in [-0.1, -0.05) is 60.7 Å². The van der Waals surface area contributed by atoms with Crippen LogP contribution in [0.2, 0.25) is 0 Å². The fourth-order valence-electron chi connectivity index (χ4n) is 3.96. The zero-order valence-corrected chi connectivity index (χ0v) is 18.5. The van der Waals surface area contributed by atoms with Crippen LogP contribution in [0.5, 0.6) is 5.75 Å². The second-order valence-electron chi connectivity index (χ2n) is 7.85. The van der Waals surface area contributed by atoms with Crippen LogP contribution in [-0.4, -0.2) is 29.1 Å². The summed E-state index contributed by atoms with van der Waals surface area (Å²) in [6.07, 6.45) is 2.91. The van der Waals surface area contributed by atoms with Gasteiger partial charge in [0.05, 0.1) is 24.7 Å². The zero-order chi connectivity index (χ0) is 22.2.